The number of benzene rings is 1. The highest BCUT2D eigenvalue weighted by atomic mass is 32.1. The monoisotopic (exact) mass is 376 g/mol. The standard InChI is InChI=1S/C19H16N6OS/c20-6-5-19(9-21-10-19)24-8-12(7-22-24)13-3-4-14-15-16(13)27-18(23-15)25(14)17(26)11-1-2-11/h3-4,7-8,11,21H,1-2,5,9-10H2. The third-order valence-electron chi connectivity index (χ3n) is 5.79. The number of aromatic nitrogens is 4. The summed E-state index contributed by atoms with van der Waals surface area (Å²) >= 11 is 1.57. The lowest BCUT2D eigenvalue weighted by Gasteiger charge is -2.41. The van der Waals surface area contributed by atoms with Gasteiger partial charge in [0.15, 0.2) is 4.96 Å². The minimum Gasteiger partial charge on any atom is -0.312 e. The molecule has 6 rings (SSSR count). The molecule has 27 heavy (non-hydrogen) atoms. The van der Waals surface area contributed by atoms with Gasteiger partial charge >= 0.3 is 0 Å². The number of hydrogen-bond acceptors (Lipinski definition) is 6. The molecule has 1 aromatic carbocycles. The number of rotatable bonds is 4. The van der Waals surface area contributed by atoms with Crippen LogP contribution in [-0.2, 0) is 5.54 Å². The minimum absolute atomic E-state index is 0.175. The normalized spacial score (nSPS) is 18.8. The Hall–Kier alpha value is -2.76. The summed E-state index contributed by atoms with van der Waals surface area (Å²) < 4.78 is 4.82. The topological polar surface area (TPSA) is 88.5 Å². The van der Waals surface area contributed by atoms with Gasteiger partial charge in [-0.2, -0.15) is 10.4 Å². The smallest absolute Gasteiger partial charge is 0.236 e. The van der Waals surface area contributed by atoms with Crippen LogP contribution in [0.4, 0.5) is 0 Å². The Bertz CT molecular complexity index is 1230. The zero-order valence-corrected chi connectivity index (χ0v) is 15.3. The van der Waals surface area contributed by atoms with Crippen LogP contribution in [0.1, 0.15) is 24.1 Å². The predicted octanol–water partition coefficient (Wildman–Crippen LogP) is 2.81. The van der Waals surface area contributed by atoms with E-state index >= 15 is 0 Å². The first-order valence-electron chi connectivity index (χ1n) is 9.11. The summed E-state index contributed by atoms with van der Waals surface area (Å²) in [5.41, 5.74) is 3.69. The van der Waals surface area contributed by atoms with Crippen molar-refractivity contribution >= 4 is 37.9 Å². The molecule has 0 unspecified atom stereocenters. The second kappa shape index (κ2) is 5.15. The van der Waals surface area contributed by atoms with Crippen LogP contribution < -0.4 is 5.32 Å². The molecule has 0 amide bonds. The molecular formula is C19H16N6OS. The molecule has 1 N–H and O–H groups in total. The molecule has 4 heterocycles. The van der Waals surface area contributed by atoms with Gasteiger partial charge in [0.05, 0.1) is 28.9 Å². The summed E-state index contributed by atoms with van der Waals surface area (Å²) in [7, 11) is 0. The van der Waals surface area contributed by atoms with E-state index in [-0.39, 0.29) is 17.4 Å². The largest absolute Gasteiger partial charge is 0.312 e. The van der Waals surface area contributed by atoms with Gasteiger partial charge in [0.1, 0.15) is 11.1 Å². The highest BCUT2D eigenvalue weighted by Gasteiger charge is 2.40. The average molecular weight is 376 g/mol. The number of nitrogens with zero attached hydrogens (tertiary/aromatic N) is 5. The first-order chi connectivity index (χ1) is 13.2. The lowest BCUT2D eigenvalue weighted by atomic mass is 9.89. The molecule has 1 saturated carbocycles. The third kappa shape index (κ3) is 2.01. The maximum atomic E-state index is 12.6. The Kier molecular flexibility index (Phi) is 2.92. The van der Waals surface area contributed by atoms with Gasteiger partial charge in [0.25, 0.3) is 0 Å². The van der Waals surface area contributed by atoms with Crippen molar-refractivity contribution in [3.8, 4) is 17.2 Å². The van der Waals surface area contributed by atoms with Crippen molar-refractivity contribution in [2.24, 2.45) is 5.92 Å². The van der Waals surface area contributed by atoms with E-state index in [1.807, 2.05) is 23.1 Å². The van der Waals surface area contributed by atoms with Gasteiger partial charge in [-0.15, -0.1) is 0 Å². The van der Waals surface area contributed by atoms with Gasteiger partial charge in [-0.3, -0.25) is 14.0 Å². The summed E-state index contributed by atoms with van der Waals surface area (Å²) in [4.78, 5) is 18.0. The molecule has 2 fully saturated rings. The maximum absolute atomic E-state index is 12.6. The Morgan fingerprint density at radius 1 is 1.41 bits per heavy atom. The zero-order valence-electron chi connectivity index (χ0n) is 14.5. The molecule has 1 aliphatic heterocycles. The SMILES string of the molecule is N#CCC1(n2cc(-c3ccc4c5nc(sc35)n4C(=O)C3CC3)cn2)CNC1. The molecule has 0 atom stereocenters. The highest BCUT2D eigenvalue weighted by Crippen LogP contribution is 2.41. The number of thiazole rings is 1. The molecular weight excluding hydrogens is 360 g/mol. The molecule has 134 valence electrons. The van der Waals surface area contributed by atoms with Crippen LogP contribution in [0.2, 0.25) is 0 Å². The summed E-state index contributed by atoms with van der Waals surface area (Å²) in [6.45, 7) is 1.53. The quantitative estimate of drug-likeness (QED) is 0.592. The molecule has 0 spiro atoms. The van der Waals surface area contributed by atoms with Crippen LogP contribution >= 0.6 is 11.3 Å². The van der Waals surface area contributed by atoms with Crippen molar-refractivity contribution in [1.29, 1.82) is 5.26 Å². The summed E-state index contributed by atoms with van der Waals surface area (Å²) in [6, 6.07) is 6.34. The van der Waals surface area contributed by atoms with Gasteiger partial charge < -0.3 is 5.32 Å². The number of nitriles is 1. The lowest BCUT2D eigenvalue weighted by molar-refractivity contribution is 0.0896. The summed E-state index contributed by atoms with van der Waals surface area (Å²) in [5, 5.41) is 17.0. The molecule has 7 nitrogen and oxygen atoms in total. The molecule has 1 aliphatic carbocycles. The fourth-order valence-electron chi connectivity index (χ4n) is 3.96. The van der Waals surface area contributed by atoms with Crippen molar-refractivity contribution in [3.63, 3.8) is 0 Å². The second-order valence-electron chi connectivity index (χ2n) is 7.59. The number of nitrogens with one attached hydrogen (secondary N) is 1. The van der Waals surface area contributed by atoms with Crippen molar-refractivity contribution < 1.29 is 4.79 Å². The van der Waals surface area contributed by atoms with Crippen molar-refractivity contribution in [3.05, 3.63) is 24.5 Å². The average Bonchev–Trinajstić information content (AvgIpc) is 3.06. The van der Waals surface area contributed by atoms with Crippen molar-refractivity contribution in [2.45, 2.75) is 24.8 Å². The van der Waals surface area contributed by atoms with E-state index in [4.69, 9.17) is 5.26 Å². The zero-order chi connectivity index (χ0) is 18.2. The van der Waals surface area contributed by atoms with E-state index in [9.17, 15) is 4.79 Å². The van der Waals surface area contributed by atoms with Crippen LogP contribution in [0.5, 0.6) is 0 Å². The van der Waals surface area contributed by atoms with E-state index < -0.39 is 0 Å². The molecule has 3 aromatic heterocycles. The number of fused-ring (bicyclic) bond motifs is 1. The first kappa shape index (κ1) is 15.3. The van der Waals surface area contributed by atoms with Gasteiger partial charge in [0, 0.05) is 36.3 Å². The highest BCUT2D eigenvalue weighted by molar-refractivity contribution is 7.24. The Labute approximate surface area is 158 Å². The molecule has 1 saturated heterocycles. The van der Waals surface area contributed by atoms with E-state index in [0.717, 1.165) is 57.8 Å². The Morgan fingerprint density at radius 3 is 2.96 bits per heavy atom. The fraction of sp³-hybridized carbons (Fsp3) is 0.368. The van der Waals surface area contributed by atoms with Gasteiger partial charge in [-0.05, 0) is 18.9 Å². The number of imidazole rings is 1. The second-order valence-corrected chi connectivity index (χ2v) is 8.57. The predicted molar refractivity (Wildman–Crippen MR) is 102 cm³/mol. The molecule has 2 bridgehead atoms. The number of hydrogen-bond donors (Lipinski definition) is 1. The summed E-state index contributed by atoms with van der Waals surface area (Å²) in [5.74, 6) is 0.357. The number of carbonyl (C=O) groups excluding carboxylic acids is 1. The van der Waals surface area contributed by atoms with Crippen molar-refractivity contribution in [2.75, 3.05) is 13.1 Å². The van der Waals surface area contributed by atoms with Crippen LogP contribution in [0.3, 0.4) is 0 Å². The van der Waals surface area contributed by atoms with E-state index in [0.29, 0.717) is 6.42 Å². The van der Waals surface area contributed by atoms with Gasteiger partial charge in [-0.1, -0.05) is 17.4 Å². The van der Waals surface area contributed by atoms with Crippen molar-refractivity contribution in [1.82, 2.24) is 24.6 Å². The minimum atomic E-state index is -0.241. The summed E-state index contributed by atoms with van der Waals surface area (Å²) in [6.07, 6.45) is 6.32. The molecule has 2 aliphatic rings. The van der Waals surface area contributed by atoms with E-state index in [2.05, 4.69) is 27.5 Å². The maximum Gasteiger partial charge on any atom is 0.236 e. The van der Waals surface area contributed by atoms with Crippen LogP contribution in [-0.4, -0.2) is 38.3 Å². The van der Waals surface area contributed by atoms with Gasteiger partial charge in [0.2, 0.25) is 5.91 Å². The molecule has 8 heteroatoms. The fourth-order valence-corrected chi connectivity index (χ4v) is 5.11. The Balaban J connectivity index is 1.43. The molecule has 4 aromatic rings. The molecule has 0 radical (unpaired) electrons. The Morgan fingerprint density at radius 2 is 2.26 bits per heavy atom. The first-order valence-corrected chi connectivity index (χ1v) is 9.93. The van der Waals surface area contributed by atoms with Crippen LogP contribution in [0.15, 0.2) is 24.5 Å². The van der Waals surface area contributed by atoms with E-state index in [1.54, 1.807) is 15.9 Å². The van der Waals surface area contributed by atoms with Crippen LogP contribution in [0, 0.1) is 17.2 Å². The number of carbonyl (C=O) groups is 1. The third-order valence-corrected chi connectivity index (χ3v) is 6.86. The van der Waals surface area contributed by atoms with Crippen LogP contribution in [0.25, 0.3) is 31.8 Å². The van der Waals surface area contributed by atoms with Gasteiger partial charge in [-0.25, -0.2) is 4.98 Å². The van der Waals surface area contributed by atoms with E-state index in [1.165, 1.54) is 0 Å². The lowest BCUT2D eigenvalue weighted by Crippen LogP contribution is -2.60.